The van der Waals surface area contributed by atoms with Crippen LogP contribution in [0.25, 0.3) is 76.9 Å². The second kappa shape index (κ2) is 7.59. The molecule has 0 amide bonds. The highest BCUT2D eigenvalue weighted by Gasteiger charge is 2.20. The Bertz CT molecular complexity index is 2390. The number of para-hydroxylation sites is 3. The van der Waals surface area contributed by atoms with Gasteiger partial charge < -0.3 is 13.6 Å². The van der Waals surface area contributed by atoms with Gasteiger partial charge in [0.2, 0.25) is 0 Å². The molecule has 4 nitrogen and oxygen atoms in total. The molecule has 0 atom stereocenters. The summed E-state index contributed by atoms with van der Waals surface area (Å²) in [5.41, 5.74) is 8.60. The van der Waals surface area contributed by atoms with E-state index in [4.69, 9.17) is 4.42 Å². The molecule has 0 aliphatic carbocycles. The minimum atomic E-state index is 0.907. The number of hydrogen-bond donors (Lipinski definition) is 0. The molecule has 0 bridgehead atoms. The van der Waals surface area contributed by atoms with Gasteiger partial charge in [0.25, 0.3) is 0 Å². The van der Waals surface area contributed by atoms with E-state index in [2.05, 4.69) is 117 Å². The minimum absolute atomic E-state index is 0.907. The van der Waals surface area contributed by atoms with Crippen molar-refractivity contribution >= 4 is 65.6 Å². The normalized spacial score (nSPS) is 12.1. The number of furan rings is 1. The molecular weight excluding hydrogens is 478 g/mol. The number of rotatable bonds is 2. The fourth-order valence-corrected chi connectivity index (χ4v) is 6.35. The van der Waals surface area contributed by atoms with Crippen LogP contribution in [0.4, 0.5) is 0 Å². The van der Waals surface area contributed by atoms with E-state index in [1.807, 2.05) is 24.5 Å². The molecule has 5 aromatic carbocycles. The molecule has 182 valence electrons. The Hall–Kier alpha value is -5.35. The van der Waals surface area contributed by atoms with Crippen LogP contribution in [0.5, 0.6) is 0 Å². The Balaban J connectivity index is 1.43. The highest BCUT2D eigenvalue weighted by Crippen LogP contribution is 2.41. The molecule has 0 saturated heterocycles. The lowest BCUT2D eigenvalue weighted by Crippen LogP contribution is -1.95. The van der Waals surface area contributed by atoms with Crippen molar-refractivity contribution in [3.8, 4) is 11.4 Å². The molecule has 0 fully saturated rings. The third kappa shape index (κ3) is 2.75. The average molecular weight is 500 g/mol. The molecule has 9 rings (SSSR count). The van der Waals surface area contributed by atoms with Crippen molar-refractivity contribution in [2.75, 3.05) is 0 Å². The maximum atomic E-state index is 6.54. The number of aromatic nitrogens is 3. The van der Waals surface area contributed by atoms with Gasteiger partial charge in [-0.1, -0.05) is 60.7 Å². The summed E-state index contributed by atoms with van der Waals surface area (Å²) in [6, 6.07) is 40.7. The van der Waals surface area contributed by atoms with Crippen LogP contribution in [-0.2, 0) is 0 Å². The molecule has 0 spiro atoms. The Morgan fingerprint density at radius 3 is 2.15 bits per heavy atom. The summed E-state index contributed by atoms with van der Waals surface area (Å²) < 4.78 is 11.2. The van der Waals surface area contributed by atoms with Crippen LogP contribution in [0, 0.1) is 0 Å². The zero-order valence-electron chi connectivity index (χ0n) is 20.9. The SMILES string of the molecule is c1ccc(-n2c3ccncc3c3cc(-n4c5ccccc5c5ccc6c7ccccc7oc6c54)ccc32)cc1. The summed E-state index contributed by atoms with van der Waals surface area (Å²) in [5.74, 6) is 0. The molecule has 4 heteroatoms. The lowest BCUT2D eigenvalue weighted by atomic mass is 10.1. The van der Waals surface area contributed by atoms with Crippen LogP contribution in [0.2, 0.25) is 0 Å². The number of pyridine rings is 1. The lowest BCUT2D eigenvalue weighted by molar-refractivity contribution is 0.671. The van der Waals surface area contributed by atoms with Gasteiger partial charge in [0.15, 0.2) is 5.58 Å². The maximum absolute atomic E-state index is 6.54. The first-order valence-electron chi connectivity index (χ1n) is 13.1. The fraction of sp³-hybridized carbons (Fsp3) is 0. The second-order valence-corrected chi connectivity index (χ2v) is 10.1. The van der Waals surface area contributed by atoms with Gasteiger partial charge in [-0.2, -0.15) is 0 Å². The van der Waals surface area contributed by atoms with Crippen LogP contribution in [0.15, 0.2) is 132 Å². The van der Waals surface area contributed by atoms with Crippen molar-refractivity contribution in [1.29, 1.82) is 0 Å². The van der Waals surface area contributed by atoms with Crippen molar-refractivity contribution < 1.29 is 4.42 Å². The molecule has 4 aromatic heterocycles. The van der Waals surface area contributed by atoms with Crippen LogP contribution in [0.3, 0.4) is 0 Å². The monoisotopic (exact) mass is 499 g/mol. The Morgan fingerprint density at radius 2 is 1.23 bits per heavy atom. The van der Waals surface area contributed by atoms with Crippen molar-refractivity contribution in [2.45, 2.75) is 0 Å². The molecule has 39 heavy (non-hydrogen) atoms. The predicted octanol–water partition coefficient (Wildman–Crippen LogP) is 9.18. The van der Waals surface area contributed by atoms with E-state index in [1.54, 1.807) is 0 Å². The van der Waals surface area contributed by atoms with Crippen LogP contribution >= 0.6 is 0 Å². The van der Waals surface area contributed by atoms with E-state index >= 15 is 0 Å². The molecule has 0 aliphatic heterocycles. The number of nitrogens with zero attached hydrogens (tertiary/aromatic N) is 3. The minimum Gasteiger partial charge on any atom is -0.454 e. The van der Waals surface area contributed by atoms with Gasteiger partial charge in [0.05, 0.1) is 22.1 Å². The van der Waals surface area contributed by atoms with E-state index in [-0.39, 0.29) is 0 Å². The third-order valence-corrected chi connectivity index (χ3v) is 8.00. The van der Waals surface area contributed by atoms with E-state index in [1.165, 1.54) is 16.2 Å². The maximum Gasteiger partial charge on any atom is 0.160 e. The summed E-state index contributed by atoms with van der Waals surface area (Å²) in [6.07, 6.45) is 3.84. The Morgan fingerprint density at radius 1 is 0.487 bits per heavy atom. The van der Waals surface area contributed by atoms with Crippen LogP contribution in [0.1, 0.15) is 0 Å². The van der Waals surface area contributed by atoms with Crippen molar-refractivity contribution in [2.24, 2.45) is 0 Å². The largest absolute Gasteiger partial charge is 0.454 e. The average Bonchev–Trinajstić information content (AvgIpc) is 3.65. The van der Waals surface area contributed by atoms with Gasteiger partial charge in [-0.3, -0.25) is 4.98 Å². The zero-order chi connectivity index (χ0) is 25.5. The first-order chi connectivity index (χ1) is 19.4. The topological polar surface area (TPSA) is 35.9 Å². The second-order valence-electron chi connectivity index (χ2n) is 10.1. The van der Waals surface area contributed by atoms with Crippen molar-refractivity contribution in [1.82, 2.24) is 14.1 Å². The summed E-state index contributed by atoms with van der Waals surface area (Å²) in [6.45, 7) is 0. The van der Waals surface area contributed by atoms with Crippen LogP contribution < -0.4 is 0 Å². The molecule has 0 N–H and O–H groups in total. The van der Waals surface area contributed by atoms with E-state index in [9.17, 15) is 0 Å². The molecule has 0 saturated carbocycles. The van der Waals surface area contributed by atoms with Gasteiger partial charge in [0.1, 0.15) is 5.58 Å². The number of fused-ring (bicyclic) bond motifs is 10. The van der Waals surface area contributed by atoms with Gasteiger partial charge in [-0.25, -0.2) is 0 Å². The van der Waals surface area contributed by atoms with Crippen molar-refractivity contribution in [3.63, 3.8) is 0 Å². The highest BCUT2D eigenvalue weighted by molar-refractivity contribution is 6.21. The van der Waals surface area contributed by atoms with Gasteiger partial charge in [-0.05, 0) is 54.6 Å². The summed E-state index contributed by atoms with van der Waals surface area (Å²) in [4.78, 5) is 4.49. The van der Waals surface area contributed by atoms with Gasteiger partial charge in [-0.15, -0.1) is 0 Å². The number of hydrogen-bond acceptors (Lipinski definition) is 2. The number of benzene rings is 5. The lowest BCUT2D eigenvalue weighted by Gasteiger charge is -2.10. The molecule has 0 radical (unpaired) electrons. The van der Waals surface area contributed by atoms with E-state index in [0.29, 0.717) is 0 Å². The molecular formula is C35H21N3O. The highest BCUT2D eigenvalue weighted by atomic mass is 16.3. The summed E-state index contributed by atoms with van der Waals surface area (Å²) in [7, 11) is 0. The Kier molecular flexibility index (Phi) is 4.02. The van der Waals surface area contributed by atoms with E-state index < -0.39 is 0 Å². The molecule has 9 aromatic rings. The first kappa shape index (κ1) is 20.7. The standard InChI is InChI=1S/C35H21N3O/c1-2-8-22(9-3-1)37-31-17-14-23(20-28(31)29-21-36-19-18-32(29)37)38-30-12-6-4-10-24(30)26-15-16-27-25-11-5-7-13-33(25)39-35(27)34(26)38/h1-21H. The fourth-order valence-electron chi connectivity index (χ4n) is 6.35. The van der Waals surface area contributed by atoms with E-state index in [0.717, 1.165) is 60.8 Å². The Labute approximate surface area is 222 Å². The predicted molar refractivity (Wildman–Crippen MR) is 160 cm³/mol. The quantitative estimate of drug-likeness (QED) is 0.238. The molecule has 0 aliphatic rings. The first-order valence-corrected chi connectivity index (χ1v) is 13.1. The summed E-state index contributed by atoms with van der Waals surface area (Å²) >= 11 is 0. The van der Waals surface area contributed by atoms with Crippen molar-refractivity contribution in [3.05, 3.63) is 128 Å². The van der Waals surface area contributed by atoms with Crippen LogP contribution in [-0.4, -0.2) is 14.1 Å². The molecule has 4 heterocycles. The summed E-state index contributed by atoms with van der Waals surface area (Å²) in [5, 5.41) is 6.97. The van der Waals surface area contributed by atoms with Gasteiger partial charge >= 0.3 is 0 Å². The molecule has 0 unspecified atom stereocenters. The zero-order valence-corrected chi connectivity index (χ0v) is 20.9. The third-order valence-electron chi connectivity index (χ3n) is 8.00. The smallest absolute Gasteiger partial charge is 0.160 e. The van der Waals surface area contributed by atoms with Gasteiger partial charge in [0, 0.05) is 56.1 Å².